The zero-order valence-electron chi connectivity index (χ0n) is 7.47. The van der Waals surface area contributed by atoms with E-state index in [1.54, 1.807) is 0 Å². The smallest absolute Gasteiger partial charge is 0.245 e. The van der Waals surface area contributed by atoms with Crippen LogP contribution < -0.4 is 4.72 Å². The molecule has 0 bridgehead atoms. The standard InChI is InChI=1S/C6H11N5O2S/c12-14(13,11-3-1-2-4-11)10-6-7-5-8-9-6/h5H,1-4H2,(H2,7,8,9,10). The summed E-state index contributed by atoms with van der Waals surface area (Å²) in [6, 6.07) is 0. The van der Waals surface area contributed by atoms with Gasteiger partial charge in [0.2, 0.25) is 5.95 Å². The van der Waals surface area contributed by atoms with E-state index in [0.29, 0.717) is 13.1 Å². The Morgan fingerprint density at radius 2 is 2.14 bits per heavy atom. The zero-order chi connectivity index (χ0) is 10.0. The van der Waals surface area contributed by atoms with Crippen molar-refractivity contribution in [1.82, 2.24) is 19.5 Å². The van der Waals surface area contributed by atoms with Crippen LogP contribution in [0.1, 0.15) is 12.8 Å². The summed E-state index contributed by atoms with van der Waals surface area (Å²) in [5, 5.41) is 5.99. The van der Waals surface area contributed by atoms with E-state index in [1.807, 2.05) is 0 Å². The van der Waals surface area contributed by atoms with Gasteiger partial charge in [-0.1, -0.05) is 0 Å². The fourth-order valence-electron chi connectivity index (χ4n) is 1.37. The lowest BCUT2D eigenvalue weighted by atomic mass is 10.4. The quantitative estimate of drug-likeness (QED) is 0.718. The van der Waals surface area contributed by atoms with Crippen LogP contribution in [0.4, 0.5) is 5.95 Å². The van der Waals surface area contributed by atoms with E-state index in [4.69, 9.17) is 0 Å². The van der Waals surface area contributed by atoms with Crippen LogP contribution >= 0.6 is 0 Å². The second-order valence-corrected chi connectivity index (χ2v) is 4.72. The van der Waals surface area contributed by atoms with Crippen molar-refractivity contribution in [3.8, 4) is 0 Å². The predicted octanol–water partition coefficient (Wildman–Crippen LogP) is -0.443. The second-order valence-electron chi connectivity index (χ2n) is 3.05. The highest BCUT2D eigenvalue weighted by Crippen LogP contribution is 2.13. The van der Waals surface area contributed by atoms with E-state index in [0.717, 1.165) is 12.8 Å². The first kappa shape index (κ1) is 9.41. The molecule has 0 spiro atoms. The maximum Gasteiger partial charge on any atom is 0.303 e. The highest BCUT2D eigenvalue weighted by Gasteiger charge is 2.25. The third-order valence-electron chi connectivity index (χ3n) is 2.05. The summed E-state index contributed by atoms with van der Waals surface area (Å²) in [5.41, 5.74) is 0. The minimum atomic E-state index is -3.43. The third-order valence-corrected chi connectivity index (χ3v) is 3.54. The van der Waals surface area contributed by atoms with Crippen molar-refractivity contribution >= 4 is 16.2 Å². The van der Waals surface area contributed by atoms with Crippen LogP contribution in [0.15, 0.2) is 6.33 Å². The van der Waals surface area contributed by atoms with Crippen molar-refractivity contribution in [3.05, 3.63) is 6.33 Å². The zero-order valence-corrected chi connectivity index (χ0v) is 8.29. The van der Waals surface area contributed by atoms with Crippen LogP contribution in [0.5, 0.6) is 0 Å². The van der Waals surface area contributed by atoms with E-state index in [-0.39, 0.29) is 5.95 Å². The van der Waals surface area contributed by atoms with Crippen molar-refractivity contribution < 1.29 is 8.42 Å². The Labute approximate surface area is 81.7 Å². The van der Waals surface area contributed by atoms with Gasteiger partial charge in [-0.05, 0) is 12.8 Å². The second kappa shape index (κ2) is 3.54. The van der Waals surface area contributed by atoms with Crippen LogP contribution in [0.25, 0.3) is 0 Å². The summed E-state index contributed by atoms with van der Waals surface area (Å²) in [6.07, 6.45) is 3.08. The third kappa shape index (κ3) is 1.85. The summed E-state index contributed by atoms with van der Waals surface area (Å²) in [6.45, 7) is 1.15. The minimum Gasteiger partial charge on any atom is -0.245 e. The van der Waals surface area contributed by atoms with Gasteiger partial charge in [0, 0.05) is 13.1 Å². The molecule has 1 aliphatic rings. The molecule has 0 amide bonds. The average molecular weight is 217 g/mol. The molecule has 8 heteroatoms. The molecule has 0 atom stereocenters. The SMILES string of the molecule is O=S(=O)(Nc1ncn[nH]1)N1CCCC1. The summed E-state index contributed by atoms with van der Waals surface area (Å²) in [7, 11) is -3.43. The molecule has 78 valence electrons. The van der Waals surface area contributed by atoms with E-state index in [2.05, 4.69) is 19.9 Å². The first-order valence-corrected chi connectivity index (χ1v) is 5.76. The van der Waals surface area contributed by atoms with Gasteiger partial charge in [-0.15, -0.1) is 0 Å². The summed E-state index contributed by atoms with van der Waals surface area (Å²) < 4.78 is 27.0. The molecule has 1 aromatic heterocycles. The molecule has 2 rings (SSSR count). The van der Waals surface area contributed by atoms with Gasteiger partial charge in [0.15, 0.2) is 0 Å². The van der Waals surface area contributed by atoms with Crippen LogP contribution in [0, 0.1) is 0 Å². The topological polar surface area (TPSA) is 91.0 Å². The first-order valence-electron chi connectivity index (χ1n) is 4.32. The molecular formula is C6H11N5O2S. The molecule has 2 heterocycles. The van der Waals surface area contributed by atoms with Gasteiger partial charge in [0.05, 0.1) is 0 Å². The fraction of sp³-hybridized carbons (Fsp3) is 0.667. The number of hydrogen-bond donors (Lipinski definition) is 2. The van der Waals surface area contributed by atoms with E-state index in [9.17, 15) is 8.42 Å². The Morgan fingerprint density at radius 1 is 1.43 bits per heavy atom. The average Bonchev–Trinajstić information content (AvgIpc) is 2.71. The summed E-state index contributed by atoms with van der Waals surface area (Å²) >= 11 is 0. The Kier molecular flexibility index (Phi) is 2.38. The number of nitrogens with one attached hydrogen (secondary N) is 2. The van der Waals surface area contributed by atoms with Crippen molar-refractivity contribution in [1.29, 1.82) is 0 Å². The predicted molar refractivity (Wildman–Crippen MR) is 49.7 cm³/mol. The van der Waals surface area contributed by atoms with Gasteiger partial charge < -0.3 is 0 Å². The molecule has 0 saturated carbocycles. The number of H-pyrrole nitrogens is 1. The van der Waals surface area contributed by atoms with Gasteiger partial charge in [-0.25, -0.2) is 9.82 Å². The Balaban J connectivity index is 2.09. The van der Waals surface area contributed by atoms with Crippen molar-refractivity contribution in [2.75, 3.05) is 17.8 Å². The maximum atomic E-state index is 11.6. The maximum absolute atomic E-state index is 11.6. The molecule has 0 aliphatic carbocycles. The molecule has 1 fully saturated rings. The molecule has 1 saturated heterocycles. The number of hydrogen-bond acceptors (Lipinski definition) is 4. The summed E-state index contributed by atoms with van der Waals surface area (Å²) in [4.78, 5) is 3.69. The lowest BCUT2D eigenvalue weighted by Crippen LogP contribution is -2.33. The van der Waals surface area contributed by atoms with Crippen molar-refractivity contribution in [3.63, 3.8) is 0 Å². The minimum absolute atomic E-state index is 0.150. The lowest BCUT2D eigenvalue weighted by Gasteiger charge is -2.14. The highest BCUT2D eigenvalue weighted by molar-refractivity contribution is 7.90. The monoisotopic (exact) mass is 217 g/mol. The highest BCUT2D eigenvalue weighted by atomic mass is 32.2. The molecule has 14 heavy (non-hydrogen) atoms. The molecule has 1 aliphatic heterocycles. The van der Waals surface area contributed by atoms with Crippen molar-refractivity contribution in [2.24, 2.45) is 0 Å². The molecule has 7 nitrogen and oxygen atoms in total. The Bertz CT molecular complexity index is 380. The van der Waals surface area contributed by atoms with Gasteiger partial charge in [0.25, 0.3) is 0 Å². The fourth-order valence-corrected chi connectivity index (χ4v) is 2.58. The van der Waals surface area contributed by atoms with Gasteiger partial charge in [-0.2, -0.15) is 22.8 Å². The number of rotatable bonds is 3. The van der Waals surface area contributed by atoms with Crippen LogP contribution in [-0.4, -0.2) is 41.0 Å². The number of nitrogens with zero attached hydrogens (tertiary/aromatic N) is 3. The molecule has 0 radical (unpaired) electrons. The Morgan fingerprint density at radius 3 is 2.71 bits per heavy atom. The molecular weight excluding hydrogens is 206 g/mol. The van der Waals surface area contributed by atoms with Crippen LogP contribution in [0.3, 0.4) is 0 Å². The number of aromatic nitrogens is 3. The molecule has 0 unspecified atom stereocenters. The first-order chi connectivity index (χ1) is 6.68. The lowest BCUT2D eigenvalue weighted by molar-refractivity contribution is 0.482. The normalized spacial score (nSPS) is 18.6. The molecule has 1 aromatic rings. The van der Waals surface area contributed by atoms with Gasteiger partial charge >= 0.3 is 10.2 Å². The number of anilines is 1. The van der Waals surface area contributed by atoms with E-state index < -0.39 is 10.2 Å². The van der Waals surface area contributed by atoms with Gasteiger partial charge in [0.1, 0.15) is 6.33 Å². The van der Waals surface area contributed by atoms with E-state index in [1.165, 1.54) is 10.6 Å². The Hall–Kier alpha value is -1.15. The van der Waals surface area contributed by atoms with Gasteiger partial charge in [-0.3, -0.25) is 0 Å². The molecule has 0 aromatic carbocycles. The van der Waals surface area contributed by atoms with Crippen LogP contribution in [-0.2, 0) is 10.2 Å². The molecule has 2 N–H and O–H groups in total. The van der Waals surface area contributed by atoms with Crippen molar-refractivity contribution in [2.45, 2.75) is 12.8 Å². The largest absolute Gasteiger partial charge is 0.303 e. The van der Waals surface area contributed by atoms with Crippen LogP contribution in [0.2, 0.25) is 0 Å². The summed E-state index contributed by atoms with van der Waals surface area (Å²) in [5.74, 6) is 0.150. The van der Waals surface area contributed by atoms with E-state index >= 15 is 0 Å². The number of aromatic amines is 1.